The van der Waals surface area contributed by atoms with Crippen molar-refractivity contribution >= 4 is 22.2 Å². The summed E-state index contributed by atoms with van der Waals surface area (Å²) < 4.78 is 60.3. The van der Waals surface area contributed by atoms with E-state index in [4.69, 9.17) is 4.74 Å². The number of benzene rings is 1. The fraction of sp³-hybridized carbons (Fsp3) is 0.208. The summed E-state index contributed by atoms with van der Waals surface area (Å²) in [6, 6.07) is 13.0. The van der Waals surface area contributed by atoms with Crippen LogP contribution in [0.15, 0.2) is 60.9 Å². The molecule has 0 saturated heterocycles. The lowest BCUT2D eigenvalue weighted by Gasteiger charge is -2.22. The van der Waals surface area contributed by atoms with Crippen LogP contribution in [0.25, 0.3) is 10.4 Å². The van der Waals surface area contributed by atoms with Gasteiger partial charge >= 0.3 is 6.18 Å². The van der Waals surface area contributed by atoms with Gasteiger partial charge in [0.05, 0.1) is 4.88 Å². The molecule has 0 atom stereocenters. The number of rotatable bonds is 5. The fourth-order valence-electron chi connectivity index (χ4n) is 3.23. The first-order valence-corrected chi connectivity index (χ1v) is 11.0. The number of hydrogen-bond acceptors (Lipinski definition) is 6. The summed E-state index contributed by atoms with van der Waals surface area (Å²) in [6.07, 6.45) is -2.14. The maximum Gasteiger partial charge on any atom is 0.434 e. The van der Waals surface area contributed by atoms with Crippen LogP contribution in [-0.2, 0) is 11.6 Å². The molecule has 176 valence electrons. The number of aromatic nitrogens is 3. The molecule has 34 heavy (non-hydrogen) atoms. The van der Waals surface area contributed by atoms with Crippen LogP contribution < -0.4 is 10.1 Å². The van der Waals surface area contributed by atoms with Crippen molar-refractivity contribution in [2.24, 2.45) is 0 Å². The molecule has 3 aromatic heterocycles. The molecule has 0 bridgehead atoms. The molecule has 5 nitrogen and oxygen atoms in total. The normalized spacial score (nSPS) is 12.0. The summed E-state index contributed by atoms with van der Waals surface area (Å²) in [6.45, 7) is 6.15. The van der Waals surface area contributed by atoms with Gasteiger partial charge in [-0.1, -0.05) is 50.3 Å². The number of nitrogens with zero attached hydrogens (tertiary/aromatic N) is 3. The van der Waals surface area contributed by atoms with Crippen LogP contribution >= 0.6 is 11.3 Å². The fourth-order valence-corrected chi connectivity index (χ4v) is 4.22. The third-order valence-electron chi connectivity index (χ3n) is 4.80. The van der Waals surface area contributed by atoms with Crippen LogP contribution in [-0.4, -0.2) is 15.0 Å². The first kappa shape index (κ1) is 23.6. The molecule has 0 unspecified atom stereocenters. The maximum absolute atomic E-state index is 13.7. The Morgan fingerprint density at radius 1 is 0.941 bits per heavy atom. The third kappa shape index (κ3) is 5.17. The van der Waals surface area contributed by atoms with Crippen LogP contribution in [0, 0.1) is 5.95 Å². The number of thiazole rings is 1. The number of hydrogen-bond donors (Lipinski definition) is 1. The predicted octanol–water partition coefficient (Wildman–Crippen LogP) is 7.59. The highest BCUT2D eigenvalue weighted by Crippen LogP contribution is 2.43. The van der Waals surface area contributed by atoms with E-state index in [1.165, 1.54) is 12.3 Å². The van der Waals surface area contributed by atoms with Crippen molar-refractivity contribution in [2.75, 3.05) is 5.32 Å². The molecule has 1 aromatic carbocycles. The second kappa shape index (κ2) is 9.02. The standard InChI is InChI=1S/C24H20F4N4OS/c1-23(2,3)15-7-4-5-9-17(15)33-21-16(8-6-12-29-21)31-22-32-20(24(26,27)28)19(34-22)14-10-11-18(25)30-13-14/h4-13H,1-3H3,(H,31,32). The third-order valence-corrected chi connectivity index (χ3v) is 5.82. The highest BCUT2D eigenvalue weighted by molar-refractivity contribution is 7.19. The zero-order chi connectivity index (χ0) is 24.5. The second-order valence-electron chi connectivity index (χ2n) is 8.39. The van der Waals surface area contributed by atoms with Gasteiger partial charge in [0, 0.05) is 23.5 Å². The zero-order valence-corrected chi connectivity index (χ0v) is 19.3. The molecule has 4 rings (SSSR count). The molecule has 0 fully saturated rings. The number of alkyl halides is 3. The van der Waals surface area contributed by atoms with Crippen LogP contribution in [0.3, 0.4) is 0 Å². The largest absolute Gasteiger partial charge is 0.437 e. The van der Waals surface area contributed by atoms with E-state index in [2.05, 4.69) is 20.3 Å². The van der Waals surface area contributed by atoms with Gasteiger partial charge in [-0.05, 0) is 35.7 Å². The number of halogens is 4. The Morgan fingerprint density at radius 2 is 1.71 bits per heavy atom. The SMILES string of the molecule is CC(C)(C)c1ccccc1Oc1ncccc1Nc1nc(C(F)(F)F)c(-c2ccc(F)nc2)s1. The number of ether oxygens (including phenoxy) is 1. The van der Waals surface area contributed by atoms with E-state index in [1.807, 2.05) is 45.0 Å². The van der Waals surface area contributed by atoms with Crippen LogP contribution in [0.2, 0.25) is 0 Å². The van der Waals surface area contributed by atoms with Crippen LogP contribution in [0.1, 0.15) is 32.0 Å². The molecular weight excluding hydrogens is 468 g/mol. The Kier molecular flexibility index (Phi) is 6.26. The number of pyridine rings is 2. The van der Waals surface area contributed by atoms with Crippen molar-refractivity contribution < 1.29 is 22.3 Å². The number of anilines is 2. The first-order chi connectivity index (χ1) is 16.0. The number of nitrogens with one attached hydrogen (secondary N) is 1. The zero-order valence-electron chi connectivity index (χ0n) is 18.4. The monoisotopic (exact) mass is 488 g/mol. The van der Waals surface area contributed by atoms with E-state index in [0.717, 1.165) is 29.2 Å². The highest BCUT2D eigenvalue weighted by atomic mass is 32.1. The van der Waals surface area contributed by atoms with E-state index in [9.17, 15) is 17.6 Å². The molecule has 0 aliphatic carbocycles. The Balaban J connectivity index is 1.70. The highest BCUT2D eigenvalue weighted by Gasteiger charge is 2.38. The molecule has 0 spiro atoms. The van der Waals surface area contributed by atoms with Crippen molar-refractivity contribution in [2.45, 2.75) is 32.4 Å². The van der Waals surface area contributed by atoms with Gasteiger partial charge in [0.1, 0.15) is 11.4 Å². The van der Waals surface area contributed by atoms with Gasteiger partial charge in [0.25, 0.3) is 0 Å². The van der Waals surface area contributed by atoms with E-state index in [0.29, 0.717) is 11.4 Å². The molecule has 10 heteroatoms. The molecule has 0 radical (unpaired) electrons. The molecule has 1 N–H and O–H groups in total. The van der Waals surface area contributed by atoms with Gasteiger partial charge in [-0.3, -0.25) is 0 Å². The summed E-state index contributed by atoms with van der Waals surface area (Å²) in [5.74, 6) is -0.00855. The Bertz CT molecular complexity index is 1300. The lowest BCUT2D eigenvalue weighted by Crippen LogP contribution is -2.12. The van der Waals surface area contributed by atoms with Gasteiger partial charge in [-0.25, -0.2) is 15.0 Å². The van der Waals surface area contributed by atoms with Gasteiger partial charge in [0.15, 0.2) is 10.8 Å². The molecule has 4 aromatic rings. The maximum atomic E-state index is 13.7. The average molecular weight is 489 g/mol. The van der Waals surface area contributed by atoms with E-state index >= 15 is 0 Å². The molecule has 0 amide bonds. The van der Waals surface area contributed by atoms with E-state index < -0.39 is 17.8 Å². The predicted molar refractivity (Wildman–Crippen MR) is 123 cm³/mol. The van der Waals surface area contributed by atoms with Crippen LogP contribution in [0.5, 0.6) is 11.6 Å². The van der Waals surface area contributed by atoms with E-state index in [-0.39, 0.29) is 26.9 Å². The van der Waals surface area contributed by atoms with Crippen molar-refractivity contribution in [1.82, 2.24) is 15.0 Å². The molecular formula is C24H20F4N4OS. The van der Waals surface area contributed by atoms with Crippen molar-refractivity contribution in [3.63, 3.8) is 0 Å². The van der Waals surface area contributed by atoms with Crippen molar-refractivity contribution in [1.29, 1.82) is 0 Å². The summed E-state index contributed by atoms with van der Waals surface area (Å²) >= 11 is 0.775. The summed E-state index contributed by atoms with van der Waals surface area (Å²) in [5.41, 5.74) is 0.121. The minimum Gasteiger partial charge on any atom is -0.437 e. The minimum absolute atomic E-state index is 0.0198. The Labute approximate surface area is 197 Å². The first-order valence-electron chi connectivity index (χ1n) is 10.2. The number of para-hydroxylation sites is 1. The van der Waals surface area contributed by atoms with Gasteiger partial charge < -0.3 is 10.1 Å². The van der Waals surface area contributed by atoms with Crippen molar-refractivity contribution in [3.8, 4) is 22.1 Å². The smallest absolute Gasteiger partial charge is 0.434 e. The van der Waals surface area contributed by atoms with Gasteiger partial charge in [0.2, 0.25) is 11.8 Å². The van der Waals surface area contributed by atoms with E-state index in [1.54, 1.807) is 12.1 Å². The van der Waals surface area contributed by atoms with Crippen molar-refractivity contribution in [3.05, 3.63) is 78.1 Å². The quantitative estimate of drug-likeness (QED) is 0.232. The summed E-state index contributed by atoms with van der Waals surface area (Å²) in [4.78, 5) is 11.3. The lowest BCUT2D eigenvalue weighted by atomic mass is 9.86. The molecule has 0 aliphatic heterocycles. The van der Waals surface area contributed by atoms with Crippen LogP contribution in [0.4, 0.5) is 28.4 Å². The van der Waals surface area contributed by atoms with Gasteiger partial charge in [-0.15, -0.1) is 0 Å². The second-order valence-corrected chi connectivity index (χ2v) is 9.39. The lowest BCUT2D eigenvalue weighted by molar-refractivity contribution is -0.140. The summed E-state index contributed by atoms with van der Waals surface area (Å²) in [5, 5.41) is 2.87. The molecule has 3 heterocycles. The minimum atomic E-state index is -4.71. The molecule has 0 aliphatic rings. The Hall–Kier alpha value is -3.53. The summed E-state index contributed by atoms with van der Waals surface area (Å²) in [7, 11) is 0. The Morgan fingerprint density at radius 3 is 2.38 bits per heavy atom. The molecule has 0 saturated carbocycles. The van der Waals surface area contributed by atoms with Gasteiger partial charge in [-0.2, -0.15) is 17.6 Å². The topological polar surface area (TPSA) is 59.9 Å². The average Bonchev–Trinajstić information content (AvgIpc) is 3.20.